The zero-order valence-corrected chi connectivity index (χ0v) is 9.51. The van der Waals surface area contributed by atoms with Gasteiger partial charge in [-0.1, -0.05) is 17.7 Å². The summed E-state index contributed by atoms with van der Waals surface area (Å²) in [7, 11) is 0. The van der Waals surface area contributed by atoms with Crippen molar-refractivity contribution < 1.29 is 9.90 Å². The summed E-state index contributed by atoms with van der Waals surface area (Å²) in [5, 5.41) is 11.9. The molecule has 0 spiro atoms. The Morgan fingerprint density at radius 3 is 2.80 bits per heavy atom. The van der Waals surface area contributed by atoms with Crippen LogP contribution in [0.15, 0.2) is 18.2 Å². The van der Waals surface area contributed by atoms with E-state index in [1.54, 1.807) is 19.1 Å². The molecule has 0 saturated heterocycles. The lowest BCUT2D eigenvalue weighted by Gasteiger charge is -2.11. The van der Waals surface area contributed by atoms with Gasteiger partial charge in [0.15, 0.2) is 0 Å². The van der Waals surface area contributed by atoms with Gasteiger partial charge in [-0.25, -0.2) is 0 Å². The molecule has 0 heterocycles. The van der Waals surface area contributed by atoms with Crippen molar-refractivity contribution in [2.45, 2.75) is 19.9 Å². The van der Waals surface area contributed by atoms with Crippen molar-refractivity contribution in [2.75, 3.05) is 6.61 Å². The van der Waals surface area contributed by atoms with E-state index in [9.17, 15) is 4.79 Å². The van der Waals surface area contributed by atoms with Crippen molar-refractivity contribution in [1.82, 2.24) is 5.32 Å². The first kappa shape index (κ1) is 12.0. The summed E-state index contributed by atoms with van der Waals surface area (Å²) in [6, 6.07) is 4.97. The summed E-state index contributed by atoms with van der Waals surface area (Å²) in [6.07, 6.45) is 0. The Morgan fingerprint density at radius 2 is 2.27 bits per heavy atom. The molecule has 3 nitrogen and oxygen atoms in total. The first-order valence-corrected chi connectivity index (χ1v) is 5.10. The molecule has 15 heavy (non-hydrogen) atoms. The maximum atomic E-state index is 11.6. The summed E-state index contributed by atoms with van der Waals surface area (Å²) < 4.78 is 0. The third-order valence-corrected chi connectivity index (χ3v) is 2.33. The Morgan fingerprint density at radius 1 is 1.60 bits per heavy atom. The second kappa shape index (κ2) is 5.14. The number of hydrogen-bond donors (Lipinski definition) is 2. The van der Waals surface area contributed by atoms with Gasteiger partial charge in [0.2, 0.25) is 0 Å². The van der Waals surface area contributed by atoms with E-state index in [0.717, 1.165) is 5.56 Å². The van der Waals surface area contributed by atoms with Crippen molar-refractivity contribution in [2.24, 2.45) is 0 Å². The number of aliphatic hydroxyl groups is 1. The first-order valence-electron chi connectivity index (χ1n) is 4.72. The number of amides is 1. The molecular formula is C11H14ClNO2. The van der Waals surface area contributed by atoms with E-state index < -0.39 is 0 Å². The molecule has 0 aromatic heterocycles. The molecule has 1 amide bonds. The highest BCUT2D eigenvalue weighted by Gasteiger charge is 2.12. The van der Waals surface area contributed by atoms with E-state index in [0.29, 0.717) is 10.6 Å². The van der Waals surface area contributed by atoms with E-state index in [1.807, 2.05) is 13.0 Å². The van der Waals surface area contributed by atoms with Crippen LogP contribution >= 0.6 is 11.6 Å². The van der Waals surface area contributed by atoms with E-state index in [2.05, 4.69) is 5.32 Å². The van der Waals surface area contributed by atoms with Crippen LogP contribution in [-0.2, 0) is 0 Å². The van der Waals surface area contributed by atoms with Crippen molar-refractivity contribution in [3.63, 3.8) is 0 Å². The van der Waals surface area contributed by atoms with Gasteiger partial charge < -0.3 is 10.4 Å². The molecule has 1 rings (SSSR count). The molecule has 82 valence electrons. The molecule has 0 saturated carbocycles. The van der Waals surface area contributed by atoms with Crippen molar-refractivity contribution in [3.8, 4) is 0 Å². The van der Waals surface area contributed by atoms with Gasteiger partial charge in [-0.3, -0.25) is 4.79 Å². The molecule has 2 N–H and O–H groups in total. The smallest absolute Gasteiger partial charge is 0.253 e. The lowest BCUT2D eigenvalue weighted by Crippen LogP contribution is -2.35. The fourth-order valence-corrected chi connectivity index (χ4v) is 1.47. The standard InChI is InChI=1S/C11H14ClNO2/c1-7-3-4-9(10(12)5-7)11(15)13-8(2)6-14/h3-5,8,14H,6H2,1-2H3,(H,13,15)/t8-/m1/s1. The van der Waals surface area contributed by atoms with Gasteiger partial charge in [0.05, 0.1) is 17.2 Å². The maximum Gasteiger partial charge on any atom is 0.253 e. The normalized spacial score (nSPS) is 12.3. The average Bonchev–Trinajstić information content (AvgIpc) is 2.17. The van der Waals surface area contributed by atoms with Gasteiger partial charge in [-0.05, 0) is 31.5 Å². The van der Waals surface area contributed by atoms with Crippen LogP contribution in [0.5, 0.6) is 0 Å². The predicted molar refractivity (Wildman–Crippen MR) is 60.2 cm³/mol. The Balaban J connectivity index is 2.82. The fraction of sp³-hybridized carbons (Fsp3) is 0.364. The van der Waals surface area contributed by atoms with Gasteiger partial charge in [-0.15, -0.1) is 0 Å². The van der Waals surface area contributed by atoms with Crippen LogP contribution in [0.25, 0.3) is 0 Å². The SMILES string of the molecule is Cc1ccc(C(=O)N[C@H](C)CO)c(Cl)c1. The zero-order chi connectivity index (χ0) is 11.4. The Hall–Kier alpha value is -1.06. The number of carbonyl (C=O) groups excluding carboxylic acids is 1. The molecule has 0 unspecified atom stereocenters. The highest BCUT2D eigenvalue weighted by Crippen LogP contribution is 2.17. The van der Waals surface area contributed by atoms with Gasteiger partial charge in [0, 0.05) is 6.04 Å². The molecule has 1 atom stereocenters. The largest absolute Gasteiger partial charge is 0.394 e. The third kappa shape index (κ3) is 3.22. The molecule has 0 aliphatic heterocycles. The Bertz CT molecular complexity index is 366. The molecule has 0 aliphatic rings. The van der Waals surface area contributed by atoms with Crippen LogP contribution in [-0.4, -0.2) is 23.7 Å². The summed E-state index contributed by atoms with van der Waals surface area (Å²) in [5.74, 6) is -0.262. The highest BCUT2D eigenvalue weighted by atomic mass is 35.5. The quantitative estimate of drug-likeness (QED) is 0.827. The summed E-state index contributed by atoms with van der Waals surface area (Å²) in [6.45, 7) is 3.54. The maximum absolute atomic E-state index is 11.6. The molecule has 0 aliphatic carbocycles. The summed E-state index contributed by atoms with van der Waals surface area (Å²) in [4.78, 5) is 11.6. The minimum absolute atomic E-state index is 0.0881. The number of hydrogen-bond acceptors (Lipinski definition) is 2. The third-order valence-electron chi connectivity index (χ3n) is 2.02. The summed E-state index contributed by atoms with van der Waals surface area (Å²) >= 11 is 5.93. The summed E-state index contributed by atoms with van der Waals surface area (Å²) in [5.41, 5.74) is 1.44. The van der Waals surface area contributed by atoms with Crippen LogP contribution in [0, 0.1) is 6.92 Å². The zero-order valence-electron chi connectivity index (χ0n) is 8.75. The van der Waals surface area contributed by atoms with Crippen LogP contribution in [0.1, 0.15) is 22.8 Å². The van der Waals surface area contributed by atoms with Crippen LogP contribution in [0.3, 0.4) is 0 Å². The van der Waals surface area contributed by atoms with E-state index >= 15 is 0 Å². The number of benzene rings is 1. The van der Waals surface area contributed by atoms with Crippen LogP contribution < -0.4 is 5.32 Å². The number of rotatable bonds is 3. The van der Waals surface area contributed by atoms with E-state index in [1.165, 1.54) is 0 Å². The van der Waals surface area contributed by atoms with Crippen LogP contribution in [0.2, 0.25) is 5.02 Å². The predicted octanol–water partition coefficient (Wildman–Crippen LogP) is 1.76. The molecule has 1 aromatic carbocycles. The van der Waals surface area contributed by atoms with Gasteiger partial charge in [-0.2, -0.15) is 0 Å². The molecule has 0 fully saturated rings. The van der Waals surface area contributed by atoms with Gasteiger partial charge in [0.25, 0.3) is 5.91 Å². The fourth-order valence-electron chi connectivity index (χ4n) is 1.15. The number of aryl methyl sites for hydroxylation is 1. The molecule has 1 aromatic rings. The number of nitrogens with one attached hydrogen (secondary N) is 1. The van der Waals surface area contributed by atoms with E-state index in [4.69, 9.17) is 16.7 Å². The minimum atomic E-state index is -0.269. The monoisotopic (exact) mass is 227 g/mol. The minimum Gasteiger partial charge on any atom is -0.394 e. The van der Waals surface area contributed by atoms with E-state index in [-0.39, 0.29) is 18.6 Å². The molecular weight excluding hydrogens is 214 g/mol. The lowest BCUT2D eigenvalue weighted by molar-refractivity contribution is 0.0922. The average molecular weight is 228 g/mol. The first-order chi connectivity index (χ1) is 7.04. The second-order valence-electron chi connectivity index (χ2n) is 3.54. The Kier molecular flexibility index (Phi) is 4.12. The molecule has 0 bridgehead atoms. The number of carbonyl (C=O) groups is 1. The number of halogens is 1. The van der Waals surface area contributed by atoms with Crippen molar-refractivity contribution in [1.29, 1.82) is 0 Å². The topological polar surface area (TPSA) is 49.3 Å². The second-order valence-corrected chi connectivity index (χ2v) is 3.95. The highest BCUT2D eigenvalue weighted by molar-refractivity contribution is 6.33. The molecule has 0 radical (unpaired) electrons. The van der Waals surface area contributed by atoms with Crippen LogP contribution in [0.4, 0.5) is 0 Å². The van der Waals surface area contributed by atoms with Crippen molar-refractivity contribution in [3.05, 3.63) is 34.3 Å². The van der Waals surface area contributed by atoms with Crippen molar-refractivity contribution >= 4 is 17.5 Å². The number of aliphatic hydroxyl groups excluding tert-OH is 1. The van der Waals surface area contributed by atoms with Gasteiger partial charge in [0.1, 0.15) is 0 Å². The lowest BCUT2D eigenvalue weighted by atomic mass is 10.1. The van der Waals surface area contributed by atoms with Gasteiger partial charge >= 0.3 is 0 Å². The Labute approximate surface area is 94.1 Å². The molecule has 4 heteroatoms.